The number of aliphatic hydroxyl groups excluding tert-OH is 1. The monoisotopic (exact) mass is 254 g/mol. The number of rotatable bonds is 10. The molecule has 0 bridgehead atoms. The molecule has 0 aromatic carbocycles. The Morgan fingerprint density at radius 1 is 1.18 bits per heavy atom. The summed E-state index contributed by atoms with van der Waals surface area (Å²) in [5.74, 6) is 0.472. The normalized spacial score (nSPS) is 12.8. The highest BCUT2D eigenvalue weighted by Crippen LogP contribution is 2.19. The van der Waals surface area contributed by atoms with Crippen LogP contribution in [0.1, 0.15) is 56.7 Å². The Morgan fingerprint density at radius 3 is 2.59 bits per heavy atom. The van der Waals surface area contributed by atoms with Crippen molar-refractivity contribution in [1.29, 1.82) is 0 Å². The number of hydrogen-bond donors (Lipinski definition) is 1. The molecule has 1 heterocycles. The van der Waals surface area contributed by atoms with Crippen LogP contribution in [0.25, 0.3) is 0 Å². The zero-order chi connectivity index (χ0) is 12.3. The van der Waals surface area contributed by atoms with E-state index in [1.165, 1.54) is 49.8 Å². The Balaban J connectivity index is 2.06. The largest absolute Gasteiger partial charge is 0.396 e. The van der Waals surface area contributed by atoms with E-state index >= 15 is 0 Å². The lowest BCUT2D eigenvalue weighted by atomic mass is 9.97. The van der Waals surface area contributed by atoms with Crippen molar-refractivity contribution in [2.24, 2.45) is 5.92 Å². The summed E-state index contributed by atoms with van der Waals surface area (Å²) in [5.41, 5.74) is 0. The van der Waals surface area contributed by atoms with E-state index in [9.17, 15) is 5.11 Å². The topological polar surface area (TPSA) is 20.2 Å². The van der Waals surface area contributed by atoms with Gasteiger partial charge in [-0.2, -0.15) is 0 Å². The quantitative estimate of drug-likeness (QED) is 0.603. The summed E-state index contributed by atoms with van der Waals surface area (Å²) in [5, 5.41) is 11.5. The highest BCUT2D eigenvalue weighted by Gasteiger charge is 2.08. The standard InChI is InChI=1S/C15H26OS/c1-2-3-4-5-6-7-9-14(13-16)12-15-10-8-11-17-15/h8,10-11,14,16H,2-7,9,12-13H2,1H3. The van der Waals surface area contributed by atoms with Crippen molar-refractivity contribution in [2.45, 2.75) is 58.3 Å². The van der Waals surface area contributed by atoms with Crippen molar-refractivity contribution in [3.63, 3.8) is 0 Å². The first kappa shape index (κ1) is 14.7. The maximum Gasteiger partial charge on any atom is 0.0462 e. The van der Waals surface area contributed by atoms with Crippen molar-refractivity contribution >= 4 is 11.3 Å². The summed E-state index contributed by atoms with van der Waals surface area (Å²) in [6, 6.07) is 4.27. The molecule has 0 aliphatic rings. The van der Waals surface area contributed by atoms with Crippen LogP contribution in [0.3, 0.4) is 0 Å². The van der Waals surface area contributed by atoms with E-state index in [1.807, 2.05) is 0 Å². The summed E-state index contributed by atoms with van der Waals surface area (Å²) in [6.45, 7) is 2.59. The fraction of sp³-hybridized carbons (Fsp3) is 0.733. The van der Waals surface area contributed by atoms with E-state index in [2.05, 4.69) is 24.4 Å². The van der Waals surface area contributed by atoms with Crippen molar-refractivity contribution in [3.05, 3.63) is 22.4 Å². The zero-order valence-electron chi connectivity index (χ0n) is 11.0. The van der Waals surface area contributed by atoms with Crippen LogP contribution in [0.5, 0.6) is 0 Å². The highest BCUT2D eigenvalue weighted by molar-refractivity contribution is 7.09. The Labute approximate surface area is 110 Å². The van der Waals surface area contributed by atoms with E-state index in [4.69, 9.17) is 0 Å². The van der Waals surface area contributed by atoms with E-state index in [1.54, 1.807) is 11.3 Å². The van der Waals surface area contributed by atoms with E-state index in [0.29, 0.717) is 12.5 Å². The predicted octanol–water partition coefficient (Wildman–Crippen LogP) is 4.65. The molecule has 1 aromatic heterocycles. The second-order valence-electron chi connectivity index (χ2n) is 4.89. The number of hydrogen-bond acceptors (Lipinski definition) is 2. The van der Waals surface area contributed by atoms with Gasteiger partial charge in [0.1, 0.15) is 0 Å². The smallest absolute Gasteiger partial charge is 0.0462 e. The Morgan fingerprint density at radius 2 is 1.94 bits per heavy atom. The SMILES string of the molecule is CCCCCCCCC(CO)Cc1cccs1. The molecule has 1 aromatic rings. The molecule has 1 N–H and O–H groups in total. The lowest BCUT2D eigenvalue weighted by Crippen LogP contribution is -2.08. The van der Waals surface area contributed by atoms with Gasteiger partial charge in [0.05, 0.1) is 0 Å². The van der Waals surface area contributed by atoms with Crippen LogP contribution in [0.2, 0.25) is 0 Å². The molecule has 0 radical (unpaired) electrons. The van der Waals surface area contributed by atoms with Gasteiger partial charge in [0.2, 0.25) is 0 Å². The molecule has 0 amide bonds. The average Bonchev–Trinajstić information content (AvgIpc) is 2.85. The summed E-state index contributed by atoms with van der Waals surface area (Å²) in [7, 11) is 0. The summed E-state index contributed by atoms with van der Waals surface area (Å²) >= 11 is 1.81. The Hall–Kier alpha value is -0.340. The van der Waals surface area contributed by atoms with E-state index in [-0.39, 0.29) is 0 Å². The molecule has 1 nitrogen and oxygen atoms in total. The molecule has 0 saturated carbocycles. The van der Waals surface area contributed by atoms with Crippen LogP contribution in [-0.4, -0.2) is 11.7 Å². The molecule has 0 fully saturated rings. The molecule has 17 heavy (non-hydrogen) atoms. The lowest BCUT2D eigenvalue weighted by molar-refractivity contribution is 0.215. The molecule has 1 rings (SSSR count). The number of thiophene rings is 1. The molecule has 2 heteroatoms. The van der Waals surface area contributed by atoms with Gasteiger partial charge in [-0.15, -0.1) is 11.3 Å². The van der Waals surface area contributed by atoms with Gasteiger partial charge in [0.25, 0.3) is 0 Å². The molecular formula is C15H26OS. The second-order valence-corrected chi connectivity index (χ2v) is 5.92. The first-order valence-corrected chi connectivity index (χ1v) is 7.88. The van der Waals surface area contributed by atoms with Gasteiger partial charge in [-0.25, -0.2) is 0 Å². The minimum Gasteiger partial charge on any atom is -0.396 e. The fourth-order valence-electron chi connectivity index (χ4n) is 2.18. The summed E-state index contributed by atoms with van der Waals surface area (Å²) < 4.78 is 0. The number of unbranched alkanes of at least 4 members (excludes halogenated alkanes) is 5. The van der Waals surface area contributed by atoms with Gasteiger partial charge in [-0.3, -0.25) is 0 Å². The van der Waals surface area contributed by atoms with Crippen LogP contribution in [0, 0.1) is 5.92 Å². The Kier molecular flexibility index (Phi) is 8.37. The van der Waals surface area contributed by atoms with Crippen molar-refractivity contribution in [2.75, 3.05) is 6.61 Å². The van der Waals surface area contributed by atoms with Crippen molar-refractivity contribution in [3.8, 4) is 0 Å². The zero-order valence-corrected chi connectivity index (χ0v) is 11.8. The second kappa shape index (κ2) is 9.67. The third-order valence-electron chi connectivity index (χ3n) is 3.29. The minimum atomic E-state index is 0.340. The third kappa shape index (κ3) is 6.85. The van der Waals surface area contributed by atoms with Crippen LogP contribution >= 0.6 is 11.3 Å². The average molecular weight is 254 g/mol. The maximum absolute atomic E-state index is 9.37. The minimum absolute atomic E-state index is 0.340. The van der Waals surface area contributed by atoms with Gasteiger partial charge >= 0.3 is 0 Å². The molecule has 98 valence electrons. The van der Waals surface area contributed by atoms with Gasteiger partial charge in [-0.1, -0.05) is 51.5 Å². The predicted molar refractivity (Wildman–Crippen MR) is 76.6 cm³/mol. The molecule has 1 unspecified atom stereocenters. The third-order valence-corrected chi connectivity index (χ3v) is 4.19. The van der Waals surface area contributed by atoms with E-state index in [0.717, 1.165) is 6.42 Å². The molecule has 0 aliphatic carbocycles. The lowest BCUT2D eigenvalue weighted by Gasteiger charge is -2.12. The fourth-order valence-corrected chi connectivity index (χ4v) is 3.01. The van der Waals surface area contributed by atoms with Crippen LogP contribution < -0.4 is 0 Å². The van der Waals surface area contributed by atoms with Crippen LogP contribution in [0.4, 0.5) is 0 Å². The van der Waals surface area contributed by atoms with Gasteiger partial charge < -0.3 is 5.11 Å². The van der Waals surface area contributed by atoms with Crippen LogP contribution in [0.15, 0.2) is 17.5 Å². The number of aliphatic hydroxyl groups is 1. The van der Waals surface area contributed by atoms with E-state index < -0.39 is 0 Å². The first-order chi connectivity index (χ1) is 8.36. The molecule has 0 spiro atoms. The van der Waals surface area contributed by atoms with Gasteiger partial charge in [-0.05, 0) is 30.2 Å². The molecular weight excluding hydrogens is 228 g/mol. The first-order valence-electron chi connectivity index (χ1n) is 7.00. The maximum atomic E-state index is 9.37. The highest BCUT2D eigenvalue weighted by atomic mass is 32.1. The summed E-state index contributed by atoms with van der Waals surface area (Å²) in [6.07, 6.45) is 10.3. The van der Waals surface area contributed by atoms with Gasteiger partial charge in [0.15, 0.2) is 0 Å². The molecule has 1 atom stereocenters. The summed E-state index contributed by atoms with van der Waals surface area (Å²) in [4.78, 5) is 1.41. The van der Waals surface area contributed by atoms with Crippen LogP contribution in [-0.2, 0) is 6.42 Å². The van der Waals surface area contributed by atoms with Crippen molar-refractivity contribution < 1.29 is 5.11 Å². The van der Waals surface area contributed by atoms with Gasteiger partial charge in [0, 0.05) is 11.5 Å². The molecule has 0 aliphatic heterocycles. The Bertz CT molecular complexity index is 256. The molecule has 0 saturated heterocycles. The van der Waals surface area contributed by atoms with Crippen molar-refractivity contribution in [1.82, 2.24) is 0 Å².